The van der Waals surface area contributed by atoms with Crippen LogP contribution in [0.4, 0.5) is 0 Å². The van der Waals surface area contributed by atoms with Crippen molar-refractivity contribution in [1.82, 2.24) is 4.72 Å². The summed E-state index contributed by atoms with van der Waals surface area (Å²) in [6.45, 7) is 1.92. The molecule has 1 rings (SSSR count). The van der Waals surface area contributed by atoms with Crippen LogP contribution < -0.4 is 4.72 Å². The summed E-state index contributed by atoms with van der Waals surface area (Å²) in [5.74, 6) is 0. The molecule has 1 aromatic rings. The molecule has 0 aliphatic rings. The summed E-state index contributed by atoms with van der Waals surface area (Å²) >= 11 is 0. The van der Waals surface area contributed by atoms with E-state index in [4.69, 9.17) is 10.00 Å². The third-order valence-electron chi connectivity index (χ3n) is 2.72. The number of benzene rings is 1. The highest BCUT2D eigenvalue weighted by molar-refractivity contribution is 7.89. The molecule has 110 valence electrons. The van der Waals surface area contributed by atoms with Crippen LogP contribution >= 0.6 is 0 Å². The quantitative estimate of drug-likeness (QED) is 0.765. The van der Waals surface area contributed by atoms with E-state index >= 15 is 0 Å². The average molecular weight is 298 g/mol. The van der Waals surface area contributed by atoms with Gasteiger partial charge in [-0.3, -0.25) is 0 Å². The Balaban J connectivity index is 2.72. The van der Waals surface area contributed by atoms with Crippen LogP contribution in [0, 0.1) is 18.3 Å². The number of rotatable bonds is 7. The van der Waals surface area contributed by atoms with Gasteiger partial charge in [0.2, 0.25) is 10.0 Å². The van der Waals surface area contributed by atoms with E-state index in [1.807, 2.05) is 6.07 Å². The fourth-order valence-electron chi connectivity index (χ4n) is 1.73. The van der Waals surface area contributed by atoms with Crippen molar-refractivity contribution in [2.24, 2.45) is 0 Å². The second-order valence-electron chi connectivity index (χ2n) is 4.39. The lowest BCUT2D eigenvalue weighted by atomic mass is 10.2. The molecule has 0 aliphatic heterocycles. The summed E-state index contributed by atoms with van der Waals surface area (Å²) in [5.41, 5.74) is 0.922. The van der Waals surface area contributed by atoms with Crippen LogP contribution in [0.2, 0.25) is 0 Å². The molecule has 0 amide bonds. The van der Waals surface area contributed by atoms with Gasteiger partial charge in [0.15, 0.2) is 0 Å². The summed E-state index contributed by atoms with van der Waals surface area (Å²) in [5, 5.41) is 18.2. The first-order valence-electron chi connectivity index (χ1n) is 6.08. The first kappa shape index (κ1) is 16.6. The standard InChI is InChI=1S/C13H18N2O4S/c1-10-7-11(8-14)3-4-13(10)20(17,18)15-6-5-12(16)9-19-2/h3-4,7,12,15-16H,5-6,9H2,1-2H3. The monoisotopic (exact) mass is 298 g/mol. The molecule has 0 radical (unpaired) electrons. The molecule has 0 fully saturated rings. The van der Waals surface area contributed by atoms with E-state index < -0.39 is 16.1 Å². The minimum Gasteiger partial charge on any atom is -0.391 e. The van der Waals surface area contributed by atoms with E-state index in [1.165, 1.54) is 25.3 Å². The Kier molecular flexibility index (Phi) is 6.10. The van der Waals surface area contributed by atoms with E-state index in [1.54, 1.807) is 6.92 Å². The lowest BCUT2D eigenvalue weighted by Crippen LogP contribution is -2.29. The molecule has 0 saturated carbocycles. The van der Waals surface area contributed by atoms with Gasteiger partial charge in [-0.05, 0) is 37.1 Å². The van der Waals surface area contributed by atoms with E-state index in [2.05, 4.69) is 4.72 Å². The Bertz CT molecular complexity index is 593. The number of aliphatic hydroxyl groups is 1. The summed E-state index contributed by atoms with van der Waals surface area (Å²) < 4.78 is 31.3. The van der Waals surface area contributed by atoms with Crippen LogP contribution in [0.5, 0.6) is 0 Å². The van der Waals surface area contributed by atoms with E-state index in [0.717, 1.165) is 0 Å². The fourth-order valence-corrected chi connectivity index (χ4v) is 3.01. The number of sulfonamides is 1. The van der Waals surface area contributed by atoms with Gasteiger partial charge in [-0.1, -0.05) is 0 Å². The van der Waals surface area contributed by atoms with Crippen LogP contribution in [-0.2, 0) is 14.8 Å². The number of nitriles is 1. The van der Waals surface area contributed by atoms with Crippen molar-refractivity contribution in [3.05, 3.63) is 29.3 Å². The minimum absolute atomic E-state index is 0.117. The van der Waals surface area contributed by atoms with E-state index in [9.17, 15) is 13.5 Å². The predicted molar refractivity (Wildman–Crippen MR) is 73.6 cm³/mol. The van der Waals surface area contributed by atoms with Gasteiger partial charge < -0.3 is 9.84 Å². The molecule has 20 heavy (non-hydrogen) atoms. The number of hydrogen-bond donors (Lipinski definition) is 2. The van der Waals surface area contributed by atoms with Gasteiger partial charge in [-0.2, -0.15) is 5.26 Å². The van der Waals surface area contributed by atoms with Gasteiger partial charge in [0.1, 0.15) is 0 Å². The SMILES string of the molecule is COCC(O)CCNS(=O)(=O)c1ccc(C#N)cc1C. The van der Waals surface area contributed by atoms with Crippen molar-refractivity contribution in [2.45, 2.75) is 24.3 Å². The zero-order valence-corrected chi connectivity index (χ0v) is 12.3. The van der Waals surface area contributed by atoms with Crippen LogP contribution in [0.1, 0.15) is 17.5 Å². The Hall–Kier alpha value is -1.46. The first-order valence-corrected chi connectivity index (χ1v) is 7.56. The van der Waals surface area contributed by atoms with Crippen LogP contribution in [-0.4, -0.2) is 39.9 Å². The maximum atomic E-state index is 12.1. The molecule has 7 heteroatoms. The van der Waals surface area contributed by atoms with Gasteiger partial charge in [-0.15, -0.1) is 0 Å². The van der Waals surface area contributed by atoms with Gasteiger partial charge in [0.25, 0.3) is 0 Å². The molecule has 0 aromatic heterocycles. The van der Waals surface area contributed by atoms with Crippen molar-refractivity contribution < 1.29 is 18.3 Å². The topological polar surface area (TPSA) is 99.4 Å². The second-order valence-corrected chi connectivity index (χ2v) is 6.12. The highest BCUT2D eigenvalue weighted by atomic mass is 32.2. The molecular formula is C13H18N2O4S. The maximum absolute atomic E-state index is 12.1. The van der Waals surface area contributed by atoms with Crippen LogP contribution in [0.15, 0.2) is 23.1 Å². The Labute approximate surface area is 119 Å². The first-order chi connectivity index (χ1) is 9.40. The molecular weight excluding hydrogens is 280 g/mol. The molecule has 1 unspecified atom stereocenters. The number of nitrogens with one attached hydrogen (secondary N) is 1. The molecule has 0 bridgehead atoms. The molecule has 1 aromatic carbocycles. The fraction of sp³-hybridized carbons (Fsp3) is 0.462. The third-order valence-corrected chi connectivity index (χ3v) is 4.34. The normalized spacial score (nSPS) is 12.9. The summed E-state index contributed by atoms with van der Waals surface area (Å²) in [4.78, 5) is 0.137. The third kappa shape index (κ3) is 4.58. The van der Waals surface area contributed by atoms with Crippen molar-refractivity contribution in [3.63, 3.8) is 0 Å². The molecule has 1 atom stereocenters. The maximum Gasteiger partial charge on any atom is 0.240 e. The van der Waals surface area contributed by atoms with Gasteiger partial charge in [0.05, 0.1) is 29.2 Å². The van der Waals surface area contributed by atoms with Crippen molar-refractivity contribution in [1.29, 1.82) is 5.26 Å². The lowest BCUT2D eigenvalue weighted by Gasteiger charge is -2.12. The molecule has 0 spiro atoms. The van der Waals surface area contributed by atoms with Gasteiger partial charge in [-0.25, -0.2) is 13.1 Å². The smallest absolute Gasteiger partial charge is 0.240 e. The number of nitrogens with zero attached hydrogens (tertiary/aromatic N) is 1. The van der Waals surface area contributed by atoms with Crippen molar-refractivity contribution >= 4 is 10.0 Å². The molecule has 0 aliphatic carbocycles. The van der Waals surface area contributed by atoms with E-state index in [-0.39, 0.29) is 24.5 Å². The predicted octanol–water partition coefficient (Wildman–Crippen LogP) is 0.542. The Morgan fingerprint density at radius 1 is 1.50 bits per heavy atom. The number of aliphatic hydroxyl groups excluding tert-OH is 1. The molecule has 2 N–H and O–H groups in total. The number of hydrogen-bond acceptors (Lipinski definition) is 5. The zero-order valence-electron chi connectivity index (χ0n) is 11.5. The highest BCUT2D eigenvalue weighted by Gasteiger charge is 2.17. The van der Waals surface area contributed by atoms with Crippen LogP contribution in [0.25, 0.3) is 0 Å². The summed E-state index contributed by atoms with van der Waals surface area (Å²) in [7, 11) is -2.17. The summed E-state index contributed by atoms with van der Waals surface area (Å²) in [6.07, 6.45) is -0.438. The van der Waals surface area contributed by atoms with E-state index in [0.29, 0.717) is 11.1 Å². The molecule has 6 nitrogen and oxygen atoms in total. The minimum atomic E-state index is -3.64. The lowest BCUT2D eigenvalue weighted by molar-refractivity contribution is 0.0603. The number of methoxy groups -OCH3 is 1. The van der Waals surface area contributed by atoms with Gasteiger partial charge in [0, 0.05) is 13.7 Å². The zero-order chi connectivity index (χ0) is 15.2. The molecule has 0 heterocycles. The largest absolute Gasteiger partial charge is 0.391 e. The Morgan fingerprint density at radius 3 is 2.75 bits per heavy atom. The second kappa shape index (κ2) is 7.36. The molecule has 0 saturated heterocycles. The number of aryl methyl sites for hydroxylation is 1. The van der Waals surface area contributed by atoms with Crippen molar-refractivity contribution in [2.75, 3.05) is 20.3 Å². The summed E-state index contributed by atoms with van der Waals surface area (Å²) in [6, 6.07) is 6.34. The highest BCUT2D eigenvalue weighted by Crippen LogP contribution is 2.16. The Morgan fingerprint density at radius 2 is 2.20 bits per heavy atom. The van der Waals surface area contributed by atoms with Gasteiger partial charge >= 0.3 is 0 Å². The number of ether oxygens (including phenoxy) is 1. The van der Waals surface area contributed by atoms with Crippen LogP contribution in [0.3, 0.4) is 0 Å². The van der Waals surface area contributed by atoms with Crippen molar-refractivity contribution in [3.8, 4) is 6.07 Å². The average Bonchev–Trinajstić information content (AvgIpc) is 2.38.